The molecule has 0 bridgehead atoms. The molecule has 21 heavy (non-hydrogen) atoms. The quantitative estimate of drug-likeness (QED) is 0.760. The Morgan fingerprint density at radius 1 is 1.10 bits per heavy atom. The highest BCUT2D eigenvalue weighted by molar-refractivity contribution is 7.91. The van der Waals surface area contributed by atoms with Gasteiger partial charge in [-0.15, -0.1) is 0 Å². The summed E-state index contributed by atoms with van der Waals surface area (Å²) in [5, 5.41) is 3.30. The first-order valence-corrected chi connectivity index (χ1v) is 9.72. The molecule has 0 radical (unpaired) electrons. The minimum atomic E-state index is -3.02. The topological polar surface area (TPSA) is 46.2 Å². The molecule has 0 spiro atoms. The van der Waals surface area contributed by atoms with E-state index in [1.165, 1.54) is 5.56 Å². The van der Waals surface area contributed by atoms with Gasteiger partial charge in [0.25, 0.3) is 0 Å². The molecule has 1 atom stereocenters. The minimum absolute atomic E-state index is 0.113. The highest BCUT2D eigenvalue weighted by Gasteiger charge is 2.20. The average molecular weight is 311 g/mol. The van der Waals surface area contributed by atoms with E-state index in [1.807, 2.05) is 19.1 Å². The van der Waals surface area contributed by atoms with Crippen molar-refractivity contribution in [1.82, 2.24) is 5.32 Å². The molecule has 3 nitrogen and oxygen atoms in total. The Kier molecular flexibility index (Phi) is 7.40. The van der Waals surface area contributed by atoms with Crippen LogP contribution in [0.1, 0.15) is 51.3 Å². The molecule has 120 valence electrons. The van der Waals surface area contributed by atoms with E-state index in [-0.39, 0.29) is 17.5 Å². The van der Waals surface area contributed by atoms with Crippen molar-refractivity contribution in [2.75, 3.05) is 18.1 Å². The van der Waals surface area contributed by atoms with Crippen LogP contribution in [-0.4, -0.2) is 26.5 Å². The van der Waals surface area contributed by atoms with Crippen molar-refractivity contribution >= 4 is 9.84 Å². The van der Waals surface area contributed by atoms with Crippen molar-refractivity contribution < 1.29 is 8.42 Å². The summed E-state index contributed by atoms with van der Waals surface area (Å²) in [6, 6.07) is 8.15. The highest BCUT2D eigenvalue weighted by atomic mass is 32.2. The Morgan fingerprint density at radius 2 is 1.71 bits per heavy atom. The van der Waals surface area contributed by atoms with Gasteiger partial charge < -0.3 is 5.32 Å². The lowest BCUT2D eigenvalue weighted by Gasteiger charge is -2.19. The van der Waals surface area contributed by atoms with Gasteiger partial charge in [-0.05, 0) is 36.4 Å². The smallest absolute Gasteiger partial charge is 0.152 e. The van der Waals surface area contributed by atoms with E-state index in [2.05, 4.69) is 38.2 Å². The SMILES string of the molecule is CCNC(CS(=O)(=O)CCC(C)C)c1ccc(CC)cc1. The van der Waals surface area contributed by atoms with E-state index < -0.39 is 9.84 Å². The van der Waals surface area contributed by atoms with Gasteiger partial charge in [-0.2, -0.15) is 0 Å². The monoisotopic (exact) mass is 311 g/mol. The maximum absolute atomic E-state index is 12.3. The van der Waals surface area contributed by atoms with Crippen molar-refractivity contribution in [1.29, 1.82) is 0 Å². The zero-order chi connectivity index (χ0) is 15.9. The number of hydrogen-bond donors (Lipinski definition) is 1. The van der Waals surface area contributed by atoms with E-state index in [9.17, 15) is 8.42 Å². The zero-order valence-electron chi connectivity index (χ0n) is 13.7. The summed E-state index contributed by atoms with van der Waals surface area (Å²) < 4.78 is 24.6. The fourth-order valence-electron chi connectivity index (χ4n) is 2.26. The molecule has 4 heteroatoms. The first kappa shape index (κ1) is 18.2. The first-order chi connectivity index (χ1) is 9.88. The molecule has 0 aliphatic rings. The summed E-state index contributed by atoms with van der Waals surface area (Å²) in [7, 11) is -3.02. The maximum atomic E-state index is 12.3. The number of rotatable bonds is 9. The van der Waals surface area contributed by atoms with Gasteiger partial charge in [0.15, 0.2) is 9.84 Å². The number of benzene rings is 1. The number of aryl methyl sites for hydroxylation is 1. The molecule has 0 aromatic heterocycles. The van der Waals surface area contributed by atoms with Crippen LogP contribution < -0.4 is 5.32 Å². The molecular weight excluding hydrogens is 282 g/mol. The van der Waals surface area contributed by atoms with Crippen molar-refractivity contribution in [2.24, 2.45) is 5.92 Å². The van der Waals surface area contributed by atoms with Gasteiger partial charge in [-0.25, -0.2) is 8.42 Å². The van der Waals surface area contributed by atoms with Crippen molar-refractivity contribution in [3.05, 3.63) is 35.4 Å². The lowest BCUT2D eigenvalue weighted by Crippen LogP contribution is -2.29. The summed E-state index contributed by atoms with van der Waals surface area (Å²) in [5.74, 6) is 0.875. The molecule has 0 amide bonds. The van der Waals surface area contributed by atoms with Gasteiger partial charge in [-0.3, -0.25) is 0 Å². The third-order valence-corrected chi connectivity index (χ3v) is 5.37. The van der Waals surface area contributed by atoms with E-state index >= 15 is 0 Å². The van der Waals surface area contributed by atoms with Gasteiger partial charge in [0, 0.05) is 6.04 Å². The predicted octanol–water partition coefficient (Wildman–Crippen LogP) is 3.36. The maximum Gasteiger partial charge on any atom is 0.152 e. The molecule has 1 aromatic carbocycles. The standard InChI is InChI=1S/C17H29NO2S/c1-5-15-7-9-16(10-8-15)17(18-6-2)13-21(19,20)12-11-14(3)4/h7-10,14,17-18H,5-6,11-13H2,1-4H3. The molecule has 1 unspecified atom stereocenters. The largest absolute Gasteiger partial charge is 0.309 e. The Hall–Kier alpha value is -0.870. The Morgan fingerprint density at radius 3 is 2.19 bits per heavy atom. The Balaban J connectivity index is 2.80. The van der Waals surface area contributed by atoms with Crippen LogP contribution >= 0.6 is 0 Å². The van der Waals surface area contributed by atoms with Gasteiger partial charge in [-0.1, -0.05) is 52.0 Å². The average Bonchev–Trinajstić information content (AvgIpc) is 2.45. The molecule has 0 aliphatic carbocycles. The molecule has 1 aromatic rings. The van der Waals surface area contributed by atoms with Crippen LogP contribution in [0.4, 0.5) is 0 Å². The fourth-order valence-corrected chi connectivity index (χ4v) is 4.07. The number of hydrogen-bond acceptors (Lipinski definition) is 3. The second-order valence-corrected chi connectivity index (χ2v) is 8.23. The van der Waals surface area contributed by atoms with E-state index in [4.69, 9.17) is 0 Å². The lowest BCUT2D eigenvalue weighted by molar-refractivity contribution is 0.548. The summed E-state index contributed by atoms with van der Waals surface area (Å²) in [6.45, 7) is 9.00. The summed E-state index contributed by atoms with van der Waals surface area (Å²) >= 11 is 0. The Bertz CT molecular complexity index is 506. The third-order valence-electron chi connectivity index (χ3n) is 3.67. The van der Waals surface area contributed by atoms with Crippen molar-refractivity contribution in [3.63, 3.8) is 0 Å². The van der Waals surface area contributed by atoms with Crippen LogP contribution in [0.15, 0.2) is 24.3 Å². The molecule has 0 saturated heterocycles. The van der Waals surface area contributed by atoms with Crippen LogP contribution in [0, 0.1) is 5.92 Å². The molecule has 0 heterocycles. The molecule has 0 aliphatic heterocycles. The van der Waals surface area contributed by atoms with Crippen molar-refractivity contribution in [2.45, 2.75) is 46.6 Å². The molecule has 0 saturated carbocycles. The predicted molar refractivity (Wildman–Crippen MR) is 90.3 cm³/mol. The molecular formula is C17H29NO2S. The van der Waals surface area contributed by atoms with Gasteiger partial charge in [0.1, 0.15) is 0 Å². The van der Waals surface area contributed by atoms with Gasteiger partial charge in [0.2, 0.25) is 0 Å². The van der Waals surface area contributed by atoms with E-state index in [1.54, 1.807) is 0 Å². The van der Waals surface area contributed by atoms with Crippen LogP contribution in [0.5, 0.6) is 0 Å². The van der Waals surface area contributed by atoms with E-state index in [0.29, 0.717) is 5.92 Å². The van der Waals surface area contributed by atoms with Gasteiger partial charge >= 0.3 is 0 Å². The summed E-state index contributed by atoms with van der Waals surface area (Å²) in [5.41, 5.74) is 2.33. The second kappa shape index (κ2) is 8.54. The summed E-state index contributed by atoms with van der Waals surface area (Å²) in [4.78, 5) is 0. The molecule has 1 N–H and O–H groups in total. The number of sulfone groups is 1. The van der Waals surface area contributed by atoms with Crippen LogP contribution in [0.3, 0.4) is 0 Å². The van der Waals surface area contributed by atoms with E-state index in [0.717, 1.165) is 24.9 Å². The first-order valence-electron chi connectivity index (χ1n) is 7.90. The van der Waals surface area contributed by atoms with Crippen molar-refractivity contribution in [3.8, 4) is 0 Å². The second-order valence-electron chi connectivity index (χ2n) is 6.00. The molecule has 1 rings (SSSR count). The Labute approximate surface area is 130 Å². The highest BCUT2D eigenvalue weighted by Crippen LogP contribution is 2.18. The lowest BCUT2D eigenvalue weighted by atomic mass is 10.0. The van der Waals surface area contributed by atoms with Crippen LogP contribution in [0.2, 0.25) is 0 Å². The zero-order valence-corrected chi connectivity index (χ0v) is 14.5. The summed E-state index contributed by atoms with van der Waals surface area (Å²) in [6.07, 6.45) is 1.73. The normalized spacial score (nSPS) is 13.6. The third kappa shape index (κ3) is 6.62. The van der Waals surface area contributed by atoms with Crippen LogP contribution in [0.25, 0.3) is 0 Å². The fraction of sp³-hybridized carbons (Fsp3) is 0.647. The van der Waals surface area contributed by atoms with Gasteiger partial charge in [0.05, 0.1) is 11.5 Å². The van der Waals surface area contributed by atoms with Crippen LogP contribution in [-0.2, 0) is 16.3 Å². The molecule has 0 fully saturated rings. The number of nitrogens with one attached hydrogen (secondary N) is 1. The minimum Gasteiger partial charge on any atom is -0.309 e.